The second-order valence-electron chi connectivity index (χ2n) is 3.48. The molecule has 84 valence electrons. The maximum atomic E-state index is 6.05. The molecule has 0 aliphatic rings. The largest absolute Gasteiger partial charge is 0.380 e. The fourth-order valence-electron chi connectivity index (χ4n) is 1.18. The predicted molar refractivity (Wildman–Crippen MR) is 66.0 cm³/mol. The fourth-order valence-corrected chi connectivity index (χ4v) is 1.54. The van der Waals surface area contributed by atoms with Crippen LogP contribution in [0.25, 0.3) is 0 Å². The minimum Gasteiger partial charge on any atom is -0.380 e. The Balaban J connectivity index is 2.76. The number of halogens is 2. The average Bonchev–Trinajstić information content (AvgIpc) is 2.23. The third-order valence-corrected chi connectivity index (χ3v) is 3.23. The van der Waals surface area contributed by atoms with Crippen molar-refractivity contribution in [2.24, 2.45) is 0 Å². The van der Waals surface area contributed by atoms with Crippen LogP contribution in [0.4, 0.5) is 5.69 Å². The second kappa shape index (κ2) is 5.59. The molecule has 1 N–H and O–H groups in total. The molecule has 0 aromatic heterocycles. The molecule has 2 nitrogen and oxygen atoms in total. The molecule has 0 aliphatic heterocycles. The van der Waals surface area contributed by atoms with Gasteiger partial charge in [0.2, 0.25) is 0 Å². The molecule has 0 saturated heterocycles. The standard InChI is InChI=1S/C11H15Cl2NO/c1-7(8(2)15-3)14-10-6-4-5-9(12)11(10)13/h4-8,14H,1-3H3. The van der Waals surface area contributed by atoms with Crippen LogP contribution in [-0.4, -0.2) is 19.3 Å². The number of hydrogen-bond acceptors (Lipinski definition) is 2. The van der Waals surface area contributed by atoms with Gasteiger partial charge in [0.1, 0.15) is 0 Å². The van der Waals surface area contributed by atoms with Gasteiger partial charge in [-0.05, 0) is 26.0 Å². The molecule has 4 heteroatoms. The monoisotopic (exact) mass is 247 g/mol. The highest BCUT2D eigenvalue weighted by Gasteiger charge is 2.12. The summed E-state index contributed by atoms with van der Waals surface area (Å²) in [5, 5.41) is 4.37. The van der Waals surface area contributed by atoms with Gasteiger partial charge in [-0.25, -0.2) is 0 Å². The Hall–Kier alpha value is -0.440. The van der Waals surface area contributed by atoms with E-state index in [0.29, 0.717) is 10.0 Å². The zero-order valence-corrected chi connectivity index (χ0v) is 10.6. The zero-order chi connectivity index (χ0) is 11.4. The summed E-state index contributed by atoms with van der Waals surface area (Å²) in [4.78, 5) is 0. The molecule has 0 fully saturated rings. The maximum absolute atomic E-state index is 6.05. The number of nitrogens with one attached hydrogen (secondary N) is 1. The topological polar surface area (TPSA) is 21.3 Å². The Morgan fingerprint density at radius 3 is 2.53 bits per heavy atom. The first-order chi connectivity index (χ1) is 7.06. The van der Waals surface area contributed by atoms with Crippen LogP contribution in [0.5, 0.6) is 0 Å². The van der Waals surface area contributed by atoms with Crippen LogP contribution in [0.3, 0.4) is 0 Å². The number of rotatable bonds is 4. The Morgan fingerprint density at radius 1 is 1.27 bits per heavy atom. The normalized spacial score (nSPS) is 14.7. The van der Waals surface area contributed by atoms with E-state index in [2.05, 4.69) is 5.32 Å². The van der Waals surface area contributed by atoms with E-state index in [0.717, 1.165) is 5.69 Å². The number of benzene rings is 1. The van der Waals surface area contributed by atoms with Crippen LogP contribution >= 0.6 is 23.2 Å². The van der Waals surface area contributed by atoms with Crippen molar-refractivity contribution in [2.75, 3.05) is 12.4 Å². The quantitative estimate of drug-likeness (QED) is 0.874. The summed E-state index contributed by atoms with van der Waals surface area (Å²) in [6.07, 6.45) is 0.111. The van der Waals surface area contributed by atoms with Gasteiger partial charge in [0.15, 0.2) is 0 Å². The van der Waals surface area contributed by atoms with Gasteiger partial charge in [-0.2, -0.15) is 0 Å². The van der Waals surface area contributed by atoms with Gasteiger partial charge in [0.05, 0.1) is 21.8 Å². The molecule has 2 unspecified atom stereocenters. The minimum atomic E-state index is 0.111. The number of hydrogen-bond donors (Lipinski definition) is 1. The first-order valence-electron chi connectivity index (χ1n) is 4.79. The average molecular weight is 248 g/mol. The molecule has 0 amide bonds. The van der Waals surface area contributed by atoms with Crippen molar-refractivity contribution >= 4 is 28.9 Å². The lowest BCUT2D eigenvalue weighted by molar-refractivity contribution is 0.106. The van der Waals surface area contributed by atoms with E-state index in [1.807, 2.05) is 26.0 Å². The molecule has 0 saturated carbocycles. The Kier molecular flexibility index (Phi) is 4.71. The molecule has 0 aliphatic carbocycles. The van der Waals surface area contributed by atoms with Gasteiger partial charge in [-0.3, -0.25) is 0 Å². The molecular weight excluding hydrogens is 233 g/mol. The van der Waals surface area contributed by atoms with Gasteiger partial charge in [-0.1, -0.05) is 29.3 Å². The van der Waals surface area contributed by atoms with Crippen LogP contribution in [0.15, 0.2) is 18.2 Å². The summed E-state index contributed by atoms with van der Waals surface area (Å²) in [5.74, 6) is 0. The molecule has 1 aromatic rings. The fraction of sp³-hybridized carbons (Fsp3) is 0.455. The first kappa shape index (κ1) is 12.6. The predicted octanol–water partition coefficient (Wildman–Crippen LogP) is 3.83. The van der Waals surface area contributed by atoms with E-state index in [1.54, 1.807) is 13.2 Å². The summed E-state index contributed by atoms with van der Waals surface area (Å²) in [6, 6.07) is 5.69. The lowest BCUT2D eigenvalue weighted by atomic mass is 10.2. The highest BCUT2D eigenvalue weighted by molar-refractivity contribution is 6.43. The third-order valence-electron chi connectivity index (χ3n) is 2.41. The van der Waals surface area contributed by atoms with E-state index < -0.39 is 0 Å². The zero-order valence-electron chi connectivity index (χ0n) is 9.05. The molecule has 0 radical (unpaired) electrons. The third kappa shape index (κ3) is 3.26. The first-order valence-corrected chi connectivity index (χ1v) is 5.55. The highest BCUT2D eigenvalue weighted by Crippen LogP contribution is 2.30. The second-order valence-corrected chi connectivity index (χ2v) is 4.26. The number of methoxy groups -OCH3 is 1. The van der Waals surface area contributed by atoms with E-state index in [9.17, 15) is 0 Å². The summed E-state index contributed by atoms with van der Waals surface area (Å²) in [6.45, 7) is 4.03. The molecule has 2 atom stereocenters. The van der Waals surface area contributed by atoms with Crippen molar-refractivity contribution in [3.8, 4) is 0 Å². The van der Waals surface area contributed by atoms with Crippen molar-refractivity contribution in [3.05, 3.63) is 28.2 Å². The highest BCUT2D eigenvalue weighted by atomic mass is 35.5. The van der Waals surface area contributed by atoms with Crippen molar-refractivity contribution in [1.29, 1.82) is 0 Å². The SMILES string of the molecule is COC(C)C(C)Nc1cccc(Cl)c1Cl. The van der Waals surface area contributed by atoms with Gasteiger partial charge in [0.25, 0.3) is 0 Å². The number of anilines is 1. The molecule has 1 aromatic carbocycles. The summed E-state index contributed by atoms with van der Waals surface area (Å²) in [5.41, 5.74) is 0.834. The van der Waals surface area contributed by atoms with Gasteiger partial charge in [0, 0.05) is 13.2 Å². The number of ether oxygens (including phenoxy) is 1. The van der Waals surface area contributed by atoms with Gasteiger partial charge in [-0.15, -0.1) is 0 Å². The Labute approximate surface area is 101 Å². The van der Waals surface area contributed by atoms with Crippen molar-refractivity contribution in [2.45, 2.75) is 26.0 Å². The van der Waals surface area contributed by atoms with Gasteiger partial charge >= 0.3 is 0 Å². The summed E-state index contributed by atoms with van der Waals surface area (Å²) in [7, 11) is 1.68. The Bertz CT molecular complexity index is 330. The van der Waals surface area contributed by atoms with Gasteiger partial charge < -0.3 is 10.1 Å². The van der Waals surface area contributed by atoms with Crippen LogP contribution in [0.2, 0.25) is 10.0 Å². The van der Waals surface area contributed by atoms with Crippen molar-refractivity contribution < 1.29 is 4.74 Å². The smallest absolute Gasteiger partial charge is 0.0823 e. The van der Waals surface area contributed by atoms with Crippen molar-refractivity contribution in [3.63, 3.8) is 0 Å². The van der Waals surface area contributed by atoms with E-state index in [4.69, 9.17) is 27.9 Å². The van der Waals surface area contributed by atoms with Crippen LogP contribution in [0, 0.1) is 0 Å². The molecule has 0 heterocycles. The molecule has 15 heavy (non-hydrogen) atoms. The maximum Gasteiger partial charge on any atom is 0.0823 e. The van der Waals surface area contributed by atoms with E-state index >= 15 is 0 Å². The van der Waals surface area contributed by atoms with E-state index in [-0.39, 0.29) is 12.1 Å². The molecule has 1 rings (SSSR count). The van der Waals surface area contributed by atoms with E-state index in [1.165, 1.54) is 0 Å². The summed E-state index contributed by atoms with van der Waals surface area (Å²) >= 11 is 12.0. The lowest BCUT2D eigenvalue weighted by Crippen LogP contribution is -2.29. The Morgan fingerprint density at radius 2 is 1.93 bits per heavy atom. The molecular formula is C11H15Cl2NO. The minimum absolute atomic E-state index is 0.111. The van der Waals surface area contributed by atoms with Crippen LogP contribution in [-0.2, 0) is 4.74 Å². The van der Waals surface area contributed by atoms with Crippen LogP contribution < -0.4 is 5.32 Å². The molecule has 0 spiro atoms. The van der Waals surface area contributed by atoms with Crippen molar-refractivity contribution in [1.82, 2.24) is 0 Å². The molecule has 0 bridgehead atoms. The van der Waals surface area contributed by atoms with Crippen LogP contribution in [0.1, 0.15) is 13.8 Å². The summed E-state index contributed by atoms with van der Waals surface area (Å²) < 4.78 is 5.22. The lowest BCUT2D eigenvalue weighted by Gasteiger charge is -2.21.